The maximum atomic E-state index is 12.2. The normalized spacial score (nSPS) is 22.9. The van der Waals surface area contributed by atoms with Crippen molar-refractivity contribution < 1.29 is 14.3 Å². The highest BCUT2D eigenvalue weighted by Crippen LogP contribution is 2.32. The molecule has 0 saturated heterocycles. The zero-order chi connectivity index (χ0) is 16.4. The van der Waals surface area contributed by atoms with Gasteiger partial charge in [-0.3, -0.25) is 4.79 Å². The van der Waals surface area contributed by atoms with Gasteiger partial charge in [0.05, 0.1) is 13.2 Å². The average Bonchev–Trinajstić information content (AvgIpc) is 2.83. The smallest absolute Gasteiger partial charge is 0.275 e. The number of hydrogen-bond donors (Lipinski definition) is 1. The van der Waals surface area contributed by atoms with Crippen molar-refractivity contribution in [3.05, 3.63) is 29.5 Å². The lowest BCUT2D eigenvalue weighted by Crippen LogP contribution is -2.31. The lowest BCUT2D eigenvalue weighted by atomic mass is 9.88. The molecule has 0 bridgehead atoms. The fourth-order valence-electron chi connectivity index (χ4n) is 3.48. The maximum absolute atomic E-state index is 12.2. The molecule has 2 heterocycles. The summed E-state index contributed by atoms with van der Waals surface area (Å²) < 4.78 is 11.3. The fraction of sp³-hybridized carbons (Fsp3) is 0.474. The second kappa shape index (κ2) is 6.67. The first-order chi connectivity index (χ1) is 11.8. The van der Waals surface area contributed by atoms with E-state index in [0.717, 1.165) is 42.2 Å². The molecule has 1 fully saturated rings. The minimum Gasteiger partial charge on any atom is -0.490 e. The third-order valence-electron chi connectivity index (χ3n) is 4.78. The summed E-state index contributed by atoms with van der Waals surface area (Å²) in [6.45, 7) is 1.32. The molecule has 0 atom stereocenters. The standard InChI is InChI=1S/C19H22N2O3/c22-19-15(20-18(21-19)14-5-2-1-3-6-14)11-13-7-8-16-17(12-13)24-10-4-9-23-16/h7-8,11-12,14H,1-6,9-10H2,(H,20,21,22)/b15-11+. The Bertz CT molecular complexity index is 703. The third kappa shape index (κ3) is 3.16. The first-order valence-electron chi connectivity index (χ1n) is 8.81. The topological polar surface area (TPSA) is 59.9 Å². The van der Waals surface area contributed by atoms with Crippen LogP contribution in [-0.4, -0.2) is 25.0 Å². The van der Waals surface area contributed by atoms with Crippen LogP contribution in [0.3, 0.4) is 0 Å². The van der Waals surface area contributed by atoms with Gasteiger partial charge in [0.2, 0.25) is 0 Å². The molecule has 5 nitrogen and oxygen atoms in total. The summed E-state index contributed by atoms with van der Waals surface area (Å²) in [5, 5.41) is 2.95. The van der Waals surface area contributed by atoms with Gasteiger partial charge in [0, 0.05) is 12.3 Å². The zero-order valence-corrected chi connectivity index (χ0v) is 13.7. The molecule has 0 radical (unpaired) electrons. The molecule has 4 rings (SSSR count). The highest BCUT2D eigenvalue weighted by Gasteiger charge is 2.27. The van der Waals surface area contributed by atoms with Gasteiger partial charge in [0.1, 0.15) is 11.5 Å². The summed E-state index contributed by atoms with van der Waals surface area (Å²) in [6, 6.07) is 5.74. The van der Waals surface area contributed by atoms with Crippen molar-refractivity contribution in [3.63, 3.8) is 0 Å². The summed E-state index contributed by atoms with van der Waals surface area (Å²) in [4.78, 5) is 16.8. The van der Waals surface area contributed by atoms with Crippen molar-refractivity contribution in [2.75, 3.05) is 13.2 Å². The SMILES string of the molecule is O=C1NC(C2CCCCC2)=N/C1=C/c1ccc2c(c1)OCCCO2. The lowest BCUT2D eigenvalue weighted by molar-refractivity contribution is -0.115. The number of fused-ring (bicyclic) bond motifs is 1. The largest absolute Gasteiger partial charge is 0.490 e. The Morgan fingerprint density at radius 2 is 1.83 bits per heavy atom. The Balaban J connectivity index is 1.57. The Hall–Kier alpha value is -2.30. The molecular formula is C19H22N2O3. The second-order valence-corrected chi connectivity index (χ2v) is 6.57. The number of nitrogens with zero attached hydrogens (tertiary/aromatic N) is 1. The van der Waals surface area contributed by atoms with E-state index < -0.39 is 0 Å². The number of carbonyl (C=O) groups is 1. The maximum Gasteiger partial charge on any atom is 0.275 e. The number of hydrogen-bond acceptors (Lipinski definition) is 4. The van der Waals surface area contributed by atoms with E-state index in [0.29, 0.717) is 24.8 Å². The Labute approximate surface area is 141 Å². The molecule has 3 aliphatic rings. The van der Waals surface area contributed by atoms with Crippen LogP contribution in [0.5, 0.6) is 11.5 Å². The van der Waals surface area contributed by atoms with E-state index in [1.807, 2.05) is 24.3 Å². The van der Waals surface area contributed by atoms with Crippen LogP contribution in [0.2, 0.25) is 0 Å². The molecule has 1 saturated carbocycles. The number of carbonyl (C=O) groups excluding carboxylic acids is 1. The molecule has 1 N–H and O–H groups in total. The van der Waals surface area contributed by atoms with Gasteiger partial charge in [0.25, 0.3) is 5.91 Å². The van der Waals surface area contributed by atoms with Crippen LogP contribution in [0.25, 0.3) is 6.08 Å². The van der Waals surface area contributed by atoms with Crippen LogP contribution in [0.15, 0.2) is 28.9 Å². The van der Waals surface area contributed by atoms with Crippen molar-refractivity contribution >= 4 is 17.8 Å². The van der Waals surface area contributed by atoms with Crippen molar-refractivity contribution in [2.45, 2.75) is 38.5 Å². The van der Waals surface area contributed by atoms with E-state index in [-0.39, 0.29) is 5.91 Å². The third-order valence-corrected chi connectivity index (χ3v) is 4.78. The van der Waals surface area contributed by atoms with Crippen molar-refractivity contribution in [1.29, 1.82) is 0 Å². The predicted octanol–water partition coefficient (Wildman–Crippen LogP) is 3.30. The fourth-order valence-corrected chi connectivity index (χ4v) is 3.48. The molecule has 1 aromatic rings. The first-order valence-corrected chi connectivity index (χ1v) is 8.81. The van der Waals surface area contributed by atoms with E-state index in [9.17, 15) is 4.79 Å². The van der Waals surface area contributed by atoms with Gasteiger partial charge in [-0.15, -0.1) is 0 Å². The zero-order valence-electron chi connectivity index (χ0n) is 13.7. The van der Waals surface area contributed by atoms with Gasteiger partial charge < -0.3 is 14.8 Å². The molecular weight excluding hydrogens is 304 g/mol. The van der Waals surface area contributed by atoms with Crippen LogP contribution < -0.4 is 14.8 Å². The van der Waals surface area contributed by atoms with Gasteiger partial charge in [0.15, 0.2) is 11.5 Å². The Morgan fingerprint density at radius 3 is 2.67 bits per heavy atom. The van der Waals surface area contributed by atoms with E-state index in [2.05, 4.69) is 10.3 Å². The van der Waals surface area contributed by atoms with E-state index in [4.69, 9.17) is 9.47 Å². The van der Waals surface area contributed by atoms with E-state index in [1.165, 1.54) is 19.3 Å². The summed E-state index contributed by atoms with van der Waals surface area (Å²) in [7, 11) is 0. The number of amidine groups is 1. The summed E-state index contributed by atoms with van der Waals surface area (Å²) >= 11 is 0. The lowest BCUT2D eigenvalue weighted by Gasteiger charge is -2.20. The molecule has 1 amide bonds. The van der Waals surface area contributed by atoms with Crippen LogP contribution in [0.1, 0.15) is 44.1 Å². The van der Waals surface area contributed by atoms with Crippen LogP contribution in [0, 0.1) is 5.92 Å². The monoisotopic (exact) mass is 326 g/mol. The molecule has 126 valence electrons. The molecule has 1 aromatic carbocycles. The molecule has 5 heteroatoms. The van der Waals surface area contributed by atoms with E-state index in [1.54, 1.807) is 0 Å². The molecule has 24 heavy (non-hydrogen) atoms. The number of amides is 1. The van der Waals surface area contributed by atoms with Crippen molar-refractivity contribution in [2.24, 2.45) is 10.9 Å². The molecule has 0 aromatic heterocycles. The van der Waals surface area contributed by atoms with Crippen LogP contribution in [0.4, 0.5) is 0 Å². The Kier molecular flexibility index (Phi) is 4.24. The van der Waals surface area contributed by atoms with Crippen molar-refractivity contribution in [3.8, 4) is 11.5 Å². The summed E-state index contributed by atoms with van der Waals surface area (Å²) in [5.74, 6) is 2.63. The van der Waals surface area contributed by atoms with Gasteiger partial charge in [-0.2, -0.15) is 0 Å². The number of ether oxygens (including phenoxy) is 2. The highest BCUT2D eigenvalue weighted by atomic mass is 16.5. The quantitative estimate of drug-likeness (QED) is 0.848. The number of aliphatic imine (C=N–C) groups is 1. The minimum atomic E-state index is -0.109. The highest BCUT2D eigenvalue weighted by molar-refractivity contribution is 6.15. The predicted molar refractivity (Wildman–Crippen MR) is 92.2 cm³/mol. The average molecular weight is 326 g/mol. The van der Waals surface area contributed by atoms with Crippen LogP contribution >= 0.6 is 0 Å². The first kappa shape index (κ1) is 15.2. The van der Waals surface area contributed by atoms with Crippen molar-refractivity contribution in [1.82, 2.24) is 5.32 Å². The van der Waals surface area contributed by atoms with Gasteiger partial charge in [-0.05, 0) is 36.6 Å². The van der Waals surface area contributed by atoms with E-state index >= 15 is 0 Å². The summed E-state index contributed by atoms with van der Waals surface area (Å²) in [5.41, 5.74) is 1.38. The number of rotatable bonds is 2. The minimum absolute atomic E-state index is 0.109. The molecule has 1 aliphatic carbocycles. The van der Waals surface area contributed by atoms with Gasteiger partial charge in [-0.1, -0.05) is 25.3 Å². The second-order valence-electron chi connectivity index (χ2n) is 6.57. The summed E-state index contributed by atoms with van der Waals surface area (Å²) in [6.07, 6.45) is 8.67. The van der Waals surface area contributed by atoms with Crippen LogP contribution in [-0.2, 0) is 4.79 Å². The molecule has 0 unspecified atom stereocenters. The number of nitrogens with one attached hydrogen (secondary N) is 1. The Morgan fingerprint density at radius 1 is 1.04 bits per heavy atom. The number of benzene rings is 1. The molecule has 0 spiro atoms. The van der Waals surface area contributed by atoms with Gasteiger partial charge >= 0.3 is 0 Å². The molecule has 2 aliphatic heterocycles. The van der Waals surface area contributed by atoms with Gasteiger partial charge in [-0.25, -0.2) is 4.99 Å².